The Labute approximate surface area is 113 Å². The van der Waals surface area contributed by atoms with Crippen LogP contribution in [-0.2, 0) is 6.18 Å². The topological polar surface area (TPSA) is 50.2 Å². The summed E-state index contributed by atoms with van der Waals surface area (Å²) in [5.74, 6) is -1.60. The van der Waals surface area contributed by atoms with E-state index in [0.29, 0.717) is 5.56 Å². The number of carboxylic acid groups (broad SMARTS) is 1. The van der Waals surface area contributed by atoms with E-state index in [2.05, 4.69) is 4.98 Å². The molecule has 0 bridgehead atoms. The van der Waals surface area contributed by atoms with E-state index in [0.717, 1.165) is 6.20 Å². The summed E-state index contributed by atoms with van der Waals surface area (Å²) in [6.45, 7) is 3.70. The molecule has 6 heteroatoms. The predicted molar refractivity (Wildman–Crippen MR) is 67.8 cm³/mol. The monoisotopic (exact) mass is 283 g/mol. The molecule has 3 nitrogen and oxygen atoms in total. The largest absolute Gasteiger partial charge is 0.478 e. The third-order valence-corrected chi connectivity index (χ3v) is 3.07. The van der Waals surface area contributed by atoms with Gasteiger partial charge in [-0.25, -0.2) is 4.79 Å². The maximum Gasteiger partial charge on any atom is 0.417 e. The maximum atomic E-state index is 13.2. The van der Waals surface area contributed by atoms with Gasteiger partial charge < -0.3 is 5.11 Å². The number of carbonyl (C=O) groups is 1. The van der Waals surface area contributed by atoms with Gasteiger partial charge in [0.25, 0.3) is 0 Å². The average Bonchev–Trinajstić information content (AvgIpc) is 2.35. The minimum atomic E-state index is -4.75. The number of fused-ring (bicyclic) bond motifs is 1. The van der Waals surface area contributed by atoms with Gasteiger partial charge in [0.15, 0.2) is 0 Å². The highest BCUT2D eigenvalue weighted by molar-refractivity contribution is 5.96. The fraction of sp³-hybridized carbons (Fsp3) is 0.286. The highest BCUT2D eigenvalue weighted by Crippen LogP contribution is 2.37. The van der Waals surface area contributed by atoms with Gasteiger partial charge in [-0.15, -0.1) is 0 Å². The van der Waals surface area contributed by atoms with E-state index in [-0.39, 0.29) is 16.8 Å². The van der Waals surface area contributed by atoms with E-state index in [1.807, 2.05) is 13.8 Å². The van der Waals surface area contributed by atoms with Crippen LogP contribution in [0.4, 0.5) is 13.2 Å². The summed E-state index contributed by atoms with van der Waals surface area (Å²) >= 11 is 0. The Kier molecular flexibility index (Phi) is 3.41. The molecule has 0 unspecified atom stereocenters. The van der Waals surface area contributed by atoms with E-state index in [4.69, 9.17) is 5.11 Å². The molecular formula is C14H12F3NO2. The Bertz CT molecular complexity index is 678. The number of alkyl halides is 3. The number of hydrogen-bond donors (Lipinski definition) is 1. The van der Waals surface area contributed by atoms with Gasteiger partial charge in [-0.05, 0) is 23.6 Å². The van der Waals surface area contributed by atoms with Crippen LogP contribution in [-0.4, -0.2) is 16.1 Å². The van der Waals surface area contributed by atoms with Crippen molar-refractivity contribution in [2.45, 2.75) is 25.9 Å². The number of benzene rings is 1. The van der Waals surface area contributed by atoms with Crippen LogP contribution in [0.1, 0.15) is 41.3 Å². The van der Waals surface area contributed by atoms with Crippen molar-refractivity contribution < 1.29 is 23.1 Å². The fourth-order valence-corrected chi connectivity index (χ4v) is 2.04. The molecule has 0 atom stereocenters. The molecule has 0 saturated heterocycles. The Morgan fingerprint density at radius 1 is 1.30 bits per heavy atom. The van der Waals surface area contributed by atoms with Crippen molar-refractivity contribution in [1.82, 2.24) is 4.98 Å². The summed E-state index contributed by atoms with van der Waals surface area (Å²) in [7, 11) is 0. The van der Waals surface area contributed by atoms with Crippen LogP contribution in [0.5, 0.6) is 0 Å². The summed E-state index contributed by atoms with van der Waals surface area (Å²) in [4.78, 5) is 14.8. The lowest BCUT2D eigenvalue weighted by Crippen LogP contribution is -2.14. The first kappa shape index (κ1) is 14.3. The second-order valence-electron chi connectivity index (χ2n) is 4.78. The van der Waals surface area contributed by atoms with Crippen LogP contribution in [0.25, 0.3) is 10.9 Å². The van der Waals surface area contributed by atoms with Gasteiger partial charge >= 0.3 is 12.1 Å². The molecule has 2 aromatic rings. The molecule has 1 aromatic carbocycles. The Morgan fingerprint density at radius 2 is 1.95 bits per heavy atom. The molecule has 0 aliphatic rings. The highest BCUT2D eigenvalue weighted by Gasteiger charge is 2.37. The lowest BCUT2D eigenvalue weighted by molar-refractivity contribution is -0.136. The minimum absolute atomic E-state index is 0.0361. The van der Waals surface area contributed by atoms with Crippen molar-refractivity contribution in [3.63, 3.8) is 0 Å². The van der Waals surface area contributed by atoms with Crippen molar-refractivity contribution >= 4 is 16.9 Å². The van der Waals surface area contributed by atoms with Crippen molar-refractivity contribution in [3.8, 4) is 0 Å². The molecule has 20 heavy (non-hydrogen) atoms. The number of carboxylic acids is 1. The number of aromatic carboxylic acids is 1. The molecule has 106 valence electrons. The SMILES string of the molecule is CC(C)c1ccc2ncc(C(=O)O)c(C(F)(F)F)c2c1. The number of rotatable bonds is 2. The van der Waals surface area contributed by atoms with Crippen LogP contribution >= 0.6 is 0 Å². The molecule has 0 amide bonds. The first-order valence-electron chi connectivity index (χ1n) is 5.95. The van der Waals surface area contributed by atoms with Crippen LogP contribution in [0, 0.1) is 0 Å². The predicted octanol–water partition coefficient (Wildman–Crippen LogP) is 4.08. The normalized spacial score (nSPS) is 12.1. The number of halogens is 3. The van der Waals surface area contributed by atoms with E-state index in [1.165, 1.54) is 12.1 Å². The van der Waals surface area contributed by atoms with Gasteiger partial charge in [-0.2, -0.15) is 13.2 Å². The number of hydrogen-bond acceptors (Lipinski definition) is 2. The summed E-state index contributed by atoms with van der Waals surface area (Å²) in [6, 6.07) is 4.54. The average molecular weight is 283 g/mol. The van der Waals surface area contributed by atoms with Crippen molar-refractivity contribution in [1.29, 1.82) is 0 Å². The third kappa shape index (κ3) is 2.45. The van der Waals surface area contributed by atoms with Gasteiger partial charge in [-0.3, -0.25) is 4.98 Å². The van der Waals surface area contributed by atoms with E-state index in [1.54, 1.807) is 6.07 Å². The number of aromatic nitrogens is 1. The molecule has 2 rings (SSSR count). The second kappa shape index (κ2) is 4.77. The van der Waals surface area contributed by atoms with Crippen LogP contribution in [0.3, 0.4) is 0 Å². The highest BCUT2D eigenvalue weighted by atomic mass is 19.4. The maximum absolute atomic E-state index is 13.2. The van der Waals surface area contributed by atoms with Crippen LogP contribution < -0.4 is 0 Å². The summed E-state index contributed by atoms with van der Waals surface area (Å²) in [6.07, 6.45) is -3.99. The molecular weight excluding hydrogens is 271 g/mol. The molecule has 0 aliphatic carbocycles. The zero-order chi connectivity index (χ0) is 15.1. The van der Waals surface area contributed by atoms with Crippen molar-refractivity contribution in [2.24, 2.45) is 0 Å². The molecule has 1 aromatic heterocycles. The summed E-state index contributed by atoms with van der Waals surface area (Å²) in [5.41, 5.74) is -1.14. The first-order valence-corrected chi connectivity index (χ1v) is 5.95. The van der Waals surface area contributed by atoms with E-state index in [9.17, 15) is 18.0 Å². The number of nitrogens with zero attached hydrogens (tertiary/aromatic N) is 1. The third-order valence-electron chi connectivity index (χ3n) is 3.07. The van der Waals surface area contributed by atoms with E-state index < -0.39 is 23.3 Å². The minimum Gasteiger partial charge on any atom is -0.478 e. The summed E-state index contributed by atoms with van der Waals surface area (Å²) < 4.78 is 39.5. The smallest absolute Gasteiger partial charge is 0.417 e. The molecule has 0 spiro atoms. The van der Waals surface area contributed by atoms with Gasteiger partial charge in [0.2, 0.25) is 0 Å². The standard InChI is InChI=1S/C14H12F3NO2/c1-7(2)8-3-4-11-9(5-8)12(14(15,16)17)10(6-18-11)13(19)20/h3-7H,1-2H3,(H,19,20). The molecule has 0 fully saturated rings. The van der Waals surface area contributed by atoms with Gasteiger partial charge in [-0.1, -0.05) is 19.9 Å². The van der Waals surface area contributed by atoms with Crippen LogP contribution in [0.15, 0.2) is 24.4 Å². The quantitative estimate of drug-likeness (QED) is 0.903. The Morgan fingerprint density at radius 3 is 2.45 bits per heavy atom. The zero-order valence-electron chi connectivity index (χ0n) is 10.8. The molecule has 1 heterocycles. The van der Waals surface area contributed by atoms with Gasteiger partial charge in [0, 0.05) is 11.6 Å². The lowest BCUT2D eigenvalue weighted by Gasteiger charge is -2.14. The first-order chi connectivity index (χ1) is 9.21. The Balaban J connectivity index is 2.88. The van der Waals surface area contributed by atoms with Gasteiger partial charge in [0.1, 0.15) is 0 Å². The fourth-order valence-electron chi connectivity index (χ4n) is 2.04. The summed E-state index contributed by atoms with van der Waals surface area (Å²) in [5, 5.41) is 8.75. The molecule has 1 N–H and O–H groups in total. The van der Waals surface area contributed by atoms with Gasteiger partial charge in [0.05, 0.1) is 16.6 Å². The van der Waals surface area contributed by atoms with Crippen molar-refractivity contribution in [2.75, 3.05) is 0 Å². The molecule has 0 radical (unpaired) electrons. The second-order valence-corrected chi connectivity index (χ2v) is 4.78. The van der Waals surface area contributed by atoms with Crippen molar-refractivity contribution in [3.05, 3.63) is 41.1 Å². The lowest BCUT2D eigenvalue weighted by atomic mass is 9.97. The zero-order valence-corrected chi connectivity index (χ0v) is 10.8. The Hall–Kier alpha value is -2.11. The van der Waals surface area contributed by atoms with Crippen LogP contribution in [0.2, 0.25) is 0 Å². The number of pyridine rings is 1. The molecule has 0 saturated carbocycles. The van der Waals surface area contributed by atoms with E-state index >= 15 is 0 Å². The molecule has 0 aliphatic heterocycles.